The molecule has 0 bridgehead atoms. The molecule has 1 aliphatic carbocycles. The van der Waals surface area contributed by atoms with E-state index in [1.54, 1.807) is 11.1 Å². The fourth-order valence-electron chi connectivity index (χ4n) is 2.12. The molecule has 1 rings (SSSR count). The van der Waals surface area contributed by atoms with Crippen LogP contribution in [0.2, 0.25) is 19.6 Å². The monoisotopic (exact) mass is 194 g/mol. The molecular formula is C12H22Si. The third-order valence-corrected chi connectivity index (χ3v) is 3.54. The lowest BCUT2D eigenvalue weighted by molar-refractivity contribution is 0.560. The topological polar surface area (TPSA) is 0 Å². The van der Waals surface area contributed by atoms with Crippen LogP contribution < -0.4 is 0 Å². The highest BCUT2D eigenvalue weighted by atomic mass is 28.3. The normalized spacial score (nSPS) is 27.6. The maximum absolute atomic E-state index is 2.55. The summed E-state index contributed by atoms with van der Waals surface area (Å²) in [6.07, 6.45) is 4.99. The average molecular weight is 194 g/mol. The molecule has 0 spiro atoms. The summed E-state index contributed by atoms with van der Waals surface area (Å²) in [5.41, 5.74) is 5.70. The van der Waals surface area contributed by atoms with Crippen molar-refractivity contribution < 1.29 is 0 Å². The van der Waals surface area contributed by atoms with Crippen LogP contribution in [0.5, 0.6) is 0 Å². The largest absolute Gasteiger partial charge is 0.0919 e. The highest BCUT2D eigenvalue weighted by Gasteiger charge is 2.15. The fraction of sp³-hybridized carbons (Fsp3) is 0.667. The SMILES string of the molecule is CC1=C/C(=C/[Si](C)(C)C)CC(C)C1. The summed E-state index contributed by atoms with van der Waals surface area (Å²) in [6, 6.07) is 0. The smallest absolute Gasteiger partial charge is 0.0690 e. The van der Waals surface area contributed by atoms with Gasteiger partial charge in [-0.15, -0.1) is 0 Å². The summed E-state index contributed by atoms with van der Waals surface area (Å²) >= 11 is 0. The number of hydrogen-bond acceptors (Lipinski definition) is 0. The molecule has 74 valence electrons. The van der Waals surface area contributed by atoms with E-state index < -0.39 is 8.07 Å². The van der Waals surface area contributed by atoms with Crippen LogP contribution in [0.3, 0.4) is 0 Å². The quantitative estimate of drug-likeness (QED) is 0.550. The van der Waals surface area contributed by atoms with E-state index in [1.165, 1.54) is 12.8 Å². The van der Waals surface area contributed by atoms with Gasteiger partial charge >= 0.3 is 0 Å². The Morgan fingerprint density at radius 1 is 1.31 bits per heavy atom. The molecule has 0 aromatic rings. The Bertz CT molecular complexity index is 240. The van der Waals surface area contributed by atoms with Crippen LogP contribution in [0.1, 0.15) is 26.7 Å². The van der Waals surface area contributed by atoms with Crippen molar-refractivity contribution >= 4 is 8.07 Å². The van der Waals surface area contributed by atoms with E-state index in [2.05, 4.69) is 45.3 Å². The van der Waals surface area contributed by atoms with E-state index in [0.717, 1.165) is 5.92 Å². The third-order valence-electron chi connectivity index (χ3n) is 2.30. The van der Waals surface area contributed by atoms with Crippen LogP contribution in [-0.2, 0) is 0 Å². The molecule has 0 heterocycles. The summed E-state index contributed by atoms with van der Waals surface area (Å²) in [7, 11) is -1.01. The van der Waals surface area contributed by atoms with Crippen molar-refractivity contribution in [2.45, 2.75) is 46.3 Å². The maximum atomic E-state index is 2.55. The Hall–Kier alpha value is -0.303. The molecule has 13 heavy (non-hydrogen) atoms. The van der Waals surface area contributed by atoms with Crippen LogP contribution in [0.4, 0.5) is 0 Å². The summed E-state index contributed by atoms with van der Waals surface area (Å²) in [4.78, 5) is 0. The molecule has 1 atom stereocenters. The molecule has 0 aliphatic heterocycles. The van der Waals surface area contributed by atoms with Gasteiger partial charge in [0, 0.05) is 0 Å². The van der Waals surface area contributed by atoms with E-state index in [1.807, 2.05) is 0 Å². The van der Waals surface area contributed by atoms with Crippen LogP contribution in [0, 0.1) is 5.92 Å². The standard InChI is InChI=1S/C12H22Si/c1-10-6-11(2)8-12(7-10)9-13(3,4)5/h7,9,11H,6,8H2,1-5H3/b12-9-. The van der Waals surface area contributed by atoms with Crippen LogP contribution >= 0.6 is 0 Å². The summed E-state index contributed by atoms with van der Waals surface area (Å²) in [6.45, 7) is 11.8. The van der Waals surface area contributed by atoms with Crippen molar-refractivity contribution in [1.82, 2.24) is 0 Å². The van der Waals surface area contributed by atoms with E-state index >= 15 is 0 Å². The minimum Gasteiger partial charge on any atom is -0.0919 e. The third kappa shape index (κ3) is 3.95. The van der Waals surface area contributed by atoms with Crippen molar-refractivity contribution in [3.05, 3.63) is 22.9 Å². The molecule has 0 aromatic heterocycles. The van der Waals surface area contributed by atoms with E-state index in [4.69, 9.17) is 0 Å². The van der Waals surface area contributed by atoms with Gasteiger partial charge in [-0.3, -0.25) is 0 Å². The van der Waals surface area contributed by atoms with E-state index in [0.29, 0.717) is 0 Å². The zero-order valence-corrected chi connectivity index (χ0v) is 10.6. The first-order chi connectivity index (χ1) is 5.87. The fourth-order valence-corrected chi connectivity index (χ4v) is 3.43. The van der Waals surface area contributed by atoms with Crippen molar-refractivity contribution in [2.75, 3.05) is 0 Å². The second-order valence-corrected chi connectivity index (χ2v) is 10.6. The molecular weight excluding hydrogens is 172 g/mol. The van der Waals surface area contributed by atoms with Gasteiger partial charge in [0.1, 0.15) is 0 Å². The molecule has 0 nitrogen and oxygen atoms in total. The Balaban J connectivity index is 2.82. The number of allylic oxidation sites excluding steroid dienone is 3. The molecule has 0 aromatic carbocycles. The molecule has 0 saturated carbocycles. The van der Waals surface area contributed by atoms with Crippen LogP contribution in [0.15, 0.2) is 22.9 Å². The van der Waals surface area contributed by atoms with Crippen molar-refractivity contribution in [3.63, 3.8) is 0 Å². The lowest BCUT2D eigenvalue weighted by atomic mass is 9.89. The van der Waals surface area contributed by atoms with Crippen molar-refractivity contribution in [1.29, 1.82) is 0 Å². The molecule has 0 radical (unpaired) electrons. The van der Waals surface area contributed by atoms with Gasteiger partial charge in [-0.25, -0.2) is 0 Å². The molecule has 1 aliphatic rings. The number of rotatable bonds is 1. The van der Waals surface area contributed by atoms with Gasteiger partial charge in [0.05, 0.1) is 8.07 Å². The second kappa shape index (κ2) is 3.83. The van der Waals surface area contributed by atoms with Gasteiger partial charge in [-0.05, 0) is 25.7 Å². The zero-order chi connectivity index (χ0) is 10.1. The molecule has 1 unspecified atom stereocenters. The first kappa shape index (κ1) is 10.8. The highest BCUT2D eigenvalue weighted by Crippen LogP contribution is 2.28. The lowest BCUT2D eigenvalue weighted by Crippen LogP contribution is -2.18. The zero-order valence-electron chi connectivity index (χ0n) is 9.65. The molecule has 0 N–H and O–H groups in total. The van der Waals surface area contributed by atoms with Crippen LogP contribution in [-0.4, -0.2) is 8.07 Å². The molecule has 0 fully saturated rings. The molecule has 0 saturated heterocycles. The van der Waals surface area contributed by atoms with E-state index in [-0.39, 0.29) is 0 Å². The summed E-state index contributed by atoms with van der Waals surface area (Å²) in [5, 5.41) is 0. The van der Waals surface area contributed by atoms with Gasteiger partial charge in [-0.2, -0.15) is 0 Å². The first-order valence-electron chi connectivity index (χ1n) is 5.26. The summed E-state index contributed by atoms with van der Waals surface area (Å²) in [5.74, 6) is 0.854. The first-order valence-corrected chi connectivity index (χ1v) is 8.83. The van der Waals surface area contributed by atoms with Gasteiger partial charge in [0.15, 0.2) is 0 Å². The average Bonchev–Trinajstić information content (AvgIpc) is 1.78. The predicted molar refractivity (Wildman–Crippen MR) is 63.6 cm³/mol. The molecule has 1 heteroatoms. The van der Waals surface area contributed by atoms with Crippen LogP contribution in [0.25, 0.3) is 0 Å². The minimum atomic E-state index is -1.01. The minimum absolute atomic E-state index is 0.854. The molecule has 0 amide bonds. The Labute approximate surface area is 83.7 Å². The van der Waals surface area contributed by atoms with Gasteiger partial charge in [-0.1, -0.05) is 49.5 Å². The van der Waals surface area contributed by atoms with Gasteiger partial charge in [0.25, 0.3) is 0 Å². The second-order valence-electron chi connectivity index (χ2n) is 5.59. The highest BCUT2D eigenvalue weighted by molar-refractivity contribution is 6.81. The maximum Gasteiger partial charge on any atom is 0.0690 e. The van der Waals surface area contributed by atoms with E-state index in [9.17, 15) is 0 Å². The lowest BCUT2D eigenvalue weighted by Gasteiger charge is -2.21. The van der Waals surface area contributed by atoms with Gasteiger partial charge < -0.3 is 0 Å². The Morgan fingerprint density at radius 2 is 1.92 bits per heavy atom. The van der Waals surface area contributed by atoms with Crippen molar-refractivity contribution in [2.24, 2.45) is 5.92 Å². The Kier molecular flexibility index (Phi) is 3.17. The predicted octanol–water partition coefficient (Wildman–Crippen LogP) is 4.17. The van der Waals surface area contributed by atoms with Crippen molar-refractivity contribution in [3.8, 4) is 0 Å². The number of hydrogen-bond donors (Lipinski definition) is 0. The summed E-state index contributed by atoms with van der Waals surface area (Å²) < 4.78 is 0. The Morgan fingerprint density at radius 3 is 2.38 bits per heavy atom. The van der Waals surface area contributed by atoms with Gasteiger partial charge in [0.2, 0.25) is 0 Å².